The van der Waals surface area contributed by atoms with Crippen molar-refractivity contribution in [1.82, 2.24) is 14.9 Å². The van der Waals surface area contributed by atoms with E-state index in [0.717, 1.165) is 0 Å². The van der Waals surface area contributed by atoms with Crippen LogP contribution in [0.15, 0.2) is 47.6 Å². The molecular formula is C11H13N3O3S. The SMILES string of the molecule is O=S(=O)(NCC(O)c1ccccc1)c1cn[nH]c1. The van der Waals surface area contributed by atoms with E-state index >= 15 is 0 Å². The van der Waals surface area contributed by atoms with Crippen LogP contribution in [0.3, 0.4) is 0 Å². The molecule has 0 fully saturated rings. The van der Waals surface area contributed by atoms with E-state index in [-0.39, 0.29) is 11.4 Å². The molecule has 1 unspecified atom stereocenters. The lowest BCUT2D eigenvalue weighted by Gasteiger charge is -2.11. The first-order chi connectivity index (χ1) is 8.59. The summed E-state index contributed by atoms with van der Waals surface area (Å²) >= 11 is 0. The zero-order valence-corrected chi connectivity index (χ0v) is 10.3. The Kier molecular flexibility index (Phi) is 3.75. The van der Waals surface area contributed by atoms with Gasteiger partial charge in [-0.2, -0.15) is 5.10 Å². The molecule has 0 amide bonds. The molecule has 0 aliphatic rings. The number of nitrogens with zero attached hydrogens (tertiary/aromatic N) is 1. The largest absolute Gasteiger partial charge is 0.387 e. The van der Waals surface area contributed by atoms with Crippen LogP contribution >= 0.6 is 0 Å². The Bertz CT molecular complexity index is 581. The van der Waals surface area contributed by atoms with Gasteiger partial charge in [-0.05, 0) is 5.56 Å². The van der Waals surface area contributed by atoms with E-state index < -0.39 is 16.1 Å². The fraction of sp³-hybridized carbons (Fsp3) is 0.182. The van der Waals surface area contributed by atoms with Crippen LogP contribution in [-0.4, -0.2) is 30.3 Å². The molecule has 0 saturated heterocycles. The zero-order chi connectivity index (χ0) is 13.0. The maximum Gasteiger partial charge on any atom is 0.243 e. The van der Waals surface area contributed by atoms with Crippen LogP contribution in [0.1, 0.15) is 11.7 Å². The quantitative estimate of drug-likeness (QED) is 0.731. The Morgan fingerprint density at radius 2 is 2.06 bits per heavy atom. The highest BCUT2D eigenvalue weighted by Gasteiger charge is 2.17. The van der Waals surface area contributed by atoms with Crippen LogP contribution in [0.5, 0.6) is 0 Å². The molecule has 1 heterocycles. The van der Waals surface area contributed by atoms with E-state index in [0.29, 0.717) is 5.56 Å². The first kappa shape index (κ1) is 12.7. The maximum absolute atomic E-state index is 11.7. The van der Waals surface area contributed by atoms with Crippen molar-refractivity contribution in [3.05, 3.63) is 48.3 Å². The van der Waals surface area contributed by atoms with Gasteiger partial charge in [0.05, 0.1) is 12.3 Å². The van der Waals surface area contributed by atoms with Gasteiger partial charge in [-0.3, -0.25) is 5.10 Å². The van der Waals surface area contributed by atoms with E-state index in [9.17, 15) is 13.5 Å². The number of aromatic nitrogens is 2. The number of H-pyrrole nitrogens is 1. The summed E-state index contributed by atoms with van der Waals surface area (Å²) in [7, 11) is -3.62. The summed E-state index contributed by atoms with van der Waals surface area (Å²) in [6, 6.07) is 8.85. The van der Waals surface area contributed by atoms with Gasteiger partial charge in [-0.25, -0.2) is 13.1 Å². The van der Waals surface area contributed by atoms with Gasteiger partial charge in [0, 0.05) is 12.7 Å². The normalized spacial score (nSPS) is 13.4. The highest BCUT2D eigenvalue weighted by molar-refractivity contribution is 7.89. The van der Waals surface area contributed by atoms with Crippen LogP contribution < -0.4 is 4.72 Å². The van der Waals surface area contributed by atoms with Gasteiger partial charge in [-0.1, -0.05) is 30.3 Å². The number of nitrogens with one attached hydrogen (secondary N) is 2. The molecule has 96 valence electrons. The Balaban J connectivity index is 2.00. The Hall–Kier alpha value is -1.70. The van der Waals surface area contributed by atoms with Crippen molar-refractivity contribution in [2.75, 3.05) is 6.54 Å². The second kappa shape index (κ2) is 5.30. The number of rotatable bonds is 5. The fourth-order valence-electron chi connectivity index (χ4n) is 1.45. The second-order valence-corrected chi connectivity index (χ2v) is 5.48. The minimum absolute atomic E-state index is 0.0442. The number of hydrogen-bond donors (Lipinski definition) is 3. The van der Waals surface area contributed by atoms with Gasteiger partial charge in [0.15, 0.2) is 0 Å². The molecule has 0 spiro atoms. The summed E-state index contributed by atoms with van der Waals surface area (Å²) in [6.07, 6.45) is 1.60. The number of aromatic amines is 1. The van der Waals surface area contributed by atoms with E-state index in [1.54, 1.807) is 24.3 Å². The molecule has 0 bridgehead atoms. The fourth-order valence-corrected chi connectivity index (χ4v) is 2.39. The third-order valence-electron chi connectivity index (χ3n) is 2.43. The van der Waals surface area contributed by atoms with Crippen LogP contribution in [0.25, 0.3) is 0 Å². The van der Waals surface area contributed by atoms with Gasteiger partial charge in [0.2, 0.25) is 10.0 Å². The average molecular weight is 267 g/mol. The van der Waals surface area contributed by atoms with Crippen molar-refractivity contribution >= 4 is 10.0 Å². The third kappa shape index (κ3) is 2.95. The topological polar surface area (TPSA) is 95.1 Å². The summed E-state index contributed by atoms with van der Waals surface area (Å²) in [4.78, 5) is 0.0442. The molecule has 1 aromatic heterocycles. The van der Waals surface area contributed by atoms with Gasteiger partial charge in [-0.15, -0.1) is 0 Å². The molecule has 0 radical (unpaired) electrons. The number of hydrogen-bond acceptors (Lipinski definition) is 4. The minimum atomic E-state index is -3.62. The molecule has 0 aliphatic carbocycles. The smallest absolute Gasteiger partial charge is 0.243 e. The number of benzene rings is 1. The summed E-state index contributed by atoms with van der Waals surface area (Å²) in [5.41, 5.74) is 0.660. The molecule has 3 N–H and O–H groups in total. The molecule has 2 aromatic rings. The van der Waals surface area contributed by atoms with E-state index in [2.05, 4.69) is 14.9 Å². The van der Waals surface area contributed by atoms with Crippen LogP contribution in [0, 0.1) is 0 Å². The lowest BCUT2D eigenvalue weighted by molar-refractivity contribution is 0.182. The van der Waals surface area contributed by atoms with E-state index in [1.165, 1.54) is 12.4 Å². The standard InChI is InChI=1S/C11H13N3O3S/c15-11(9-4-2-1-3-5-9)8-14-18(16,17)10-6-12-13-7-10/h1-7,11,14-15H,8H2,(H,12,13). The number of sulfonamides is 1. The summed E-state index contributed by atoms with van der Waals surface area (Å²) < 4.78 is 25.8. The highest BCUT2D eigenvalue weighted by atomic mass is 32.2. The Labute approximate surface area is 105 Å². The van der Waals surface area contributed by atoms with E-state index in [4.69, 9.17) is 0 Å². The van der Waals surface area contributed by atoms with Gasteiger partial charge < -0.3 is 5.11 Å². The molecule has 18 heavy (non-hydrogen) atoms. The van der Waals surface area contributed by atoms with Crippen molar-refractivity contribution in [1.29, 1.82) is 0 Å². The molecule has 0 saturated carbocycles. The van der Waals surface area contributed by atoms with Crippen molar-refractivity contribution in [2.24, 2.45) is 0 Å². The maximum atomic E-state index is 11.7. The zero-order valence-electron chi connectivity index (χ0n) is 9.45. The minimum Gasteiger partial charge on any atom is -0.387 e. The van der Waals surface area contributed by atoms with Crippen LogP contribution in [0.4, 0.5) is 0 Å². The van der Waals surface area contributed by atoms with Crippen molar-refractivity contribution in [2.45, 2.75) is 11.0 Å². The molecule has 1 aromatic carbocycles. The number of aliphatic hydroxyl groups is 1. The molecule has 7 heteroatoms. The van der Waals surface area contributed by atoms with Crippen LogP contribution in [0.2, 0.25) is 0 Å². The predicted octanol–water partition coefficient (Wildman–Crippen LogP) is 0.422. The highest BCUT2D eigenvalue weighted by Crippen LogP contribution is 2.12. The molecule has 0 aliphatic heterocycles. The van der Waals surface area contributed by atoms with E-state index in [1.807, 2.05) is 6.07 Å². The summed E-state index contributed by atoms with van der Waals surface area (Å²) in [5, 5.41) is 15.8. The van der Waals surface area contributed by atoms with Crippen LogP contribution in [-0.2, 0) is 10.0 Å². The molecule has 1 atom stereocenters. The Morgan fingerprint density at radius 3 is 2.67 bits per heavy atom. The molecular weight excluding hydrogens is 254 g/mol. The first-order valence-electron chi connectivity index (χ1n) is 5.31. The first-order valence-corrected chi connectivity index (χ1v) is 6.79. The van der Waals surface area contributed by atoms with Crippen molar-refractivity contribution in [3.8, 4) is 0 Å². The summed E-state index contributed by atoms with van der Waals surface area (Å²) in [6.45, 7) is -0.0858. The van der Waals surface area contributed by atoms with Crippen molar-refractivity contribution in [3.63, 3.8) is 0 Å². The van der Waals surface area contributed by atoms with Gasteiger partial charge in [0.1, 0.15) is 4.90 Å². The predicted molar refractivity (Wildman–Crippen MR) is 65.2 cm³/mol. The Morgan fingerprint density at radius 1 is 1.33 bits per heavy atom. The number of aliphatic hydroxyl groups excluding tert-OH is 1. The van der Waals surface area contributed by atoms with Gasteiger partial charge >= 0.3 is 0 Å². The molecule has 2 rings (SSSR count). The van der Waals surface area contributed by atoms with Crippen molar-refractivity contribution < 1.29 is 13.5 Å². The monoisotopic (exact) mass is 267 g/mol. The summed E-state index contributed by atoms with van der Waals surface area (Å²) in [5.74, 6) is 0. The van der Waals surface area contributed by atoms with Gasteiger partial charge in [0.25, 0.3) is 0 Å². The lowest BCUT2D eigenvalue weighted by atomic mass is 10.1. The molecule has 6 nitrogen and oxygen atoms in total. The second-order valence-electron chi connectivity index (χ2n) is 3.71. The third-order valence-corrected chi connectivity index (χ3v) is 3.83. The lowest BCUT2D eigenvalue weighted by Crippen LogP contribution is -2.28. The average Bonchev–Trinajstić information content (AvgIpc) is 2.92.